The number of nitrogens with one attached hydrogen (secondary N) is 2. The summed E-state index contributed by atoms with van der Waals surface area (Å²) in [6.07, 6.45) is 1.33. The van der Waals surface area contributed by atoms with E-state index in [4.69, 9.17) is 5.11 Å². The predicted molar refractivity (Wildman–Crippen MR) is 55.6 cm³/mol. The molecular formula is C10H18N2O3. The van der Waals surface area contributed by atoms with Crippen molar-refractivity contribution in [1.29, 1.82) is 0 Å². The van der Waals surface area contributed by atoms with E-state index in [2.05, 4.69) is 10.6 Å². The highest BCUT2D eigenvalue weighted by Gasteiger charge is 2.37. The van der Waals surface area contributed by atoms with Gasteiger partial charge in [-0.15, -0.1) is 0 Å². The molecule has 0 aromatic carbocycles. The second-order valence-corrected chi connectivity index (χ2v) is 4.41. The lowest BCUT2D eigenvalue weighted by molar-refractivity contribution is -0.143. The standard InChI is InChI=1S/C10H18N2O3/c1-4-10(3,8(13)14)12-9(15)11-7-5-6(7)2/h6-7H,4-5H2,1-3H3,(H,13,14)(H2,11,12,15). The number of rotatable bonds is 4. The van der Waals surface area contributed by atoms with Crippen LogP contribution in [0.2, 0.25) is 0 Å². The maximum Gasteiger partial charge on any atom is 0.329 e. The van der Waals surface area contributed by atoms with Crippen molar-refractivity contribution in [3.05, 3.63) is 0 Å². The number of hydrogen-bond donors (Lipinski definition) is 3. The zero-order valence-electron chi connectivity index (χ0n) is 9.33. The van der Waals surface area contributed by atoms with Crippen LogP contribution in [0.4, 0.5) is 4.79 Å². The van der Waals surface area contributed by atoms with Crippen LogP contribution in [-0.4, -0.2) is 28.7 Å². The molecule has 1 aliphatic rings. The Morgan fingerprint density at radius 3 is 2.40 bits per heavy atom. The fraction of sp³-hybridized carbons (Fsp3) is 0.800. The molecule has 0 saturated heterocycles. The number of carbonyl (C=O) groups excluding carboxylic acids is 1. The Morgan fingerprint density at radius 1 is 1.53 bits per heavy atom. The van der Waals surface area contributed by atoms with Gasteiger partial charge in [-0.05, 0) is 25.7 Å². The summed E-state index contributed by atoms with van der Waals surface area (Å²) in [7, 11) is 0. The number of carboxylic acid groups (broad SMARTS) is 1. The number of aliphatic carboxylic acids is 1. The lowest BCUT2D eigenvalue weighted by Crippen LogP contribution is -2.55. The highest BCUT2D eigenvalue weighted by Crippen LogP contribution is 2.28. The Labute approximate surface area is 89.2 Å². The van der Waals surface area contributed by atoms with Gasteiger partial charge in [0.15, 0.2) is 0 Å². The summed E-state index contributed by atoms with van der Waals surface area (Å²) in [6, 6.07) is -0.184. The second kappa shape index (κ2) is 4.08. The third-order valence-corrected chi connectivity index (χ3v) is 2.99. The molecule has 86 valence electrons. The molecule has 3 unspecified atom stereocenters. The van der Waals surface area contributed by atoms with Crippen molar-refractivity contribution >= 4 is 12.0 Å². The van der Waals surface area contributed by atoms with Crippen LogP contribution in [0.5, 0.6) is 0 Å². The van der Waals surface area contributed by atoms with Gasteiger partial charge in [0.2, 0.25) is 0 Å². The van der Waals surface area contributed by atoms with Crippen LogP contribution in [0.3, 0.4) is 0 Å². The van der Waals surface area contributed by atoms with E-state index < -0.39 is 17.5 Å². The van der Waals surface area contributed by atoms with Crippen molar-refractivity contribution in [3.63, 3.8) is 0 Å². The molecule has 5 heteroatoms. The van der Waals surface area contributed by atoms with E-state index in [1.807, 2.05) is 6.92 Å². The van der Waals surface area contributed by atoms with Gasteiger partial charge in [-0.2, -0.15) is 0 Å². The molecule has 0 aliphatic heterocycles. The minimum absolute atomic E-state index is 0.208. The van der Waals surface area contributed by atoms with E-state index >= 15 is 0 Å². The smallest absolute Gasteiger partial charge is 0.329 e. The first-order valence-electron chi connectivity index (χ1n) is 5.21. The number of carbonyl (C=O) groups is 2. The van der Waals surface area contributed by atoms with Gasteiger partial charge in [0.1, 0.15) is 5.54 Å². The maximum absolute atomic E-state index is 11.4. The Balaban J connectivity index is 2.44. The van der Waals surface area contributed by atoms with Gasteiger partial charge in [-0.25, -0.2) is 9.59 Å². The molecular weight excluding hydrogens is 196 g/mol. The Morgan fingerprint density at radius 2 is 2.07 bits per heavy atom. The first kappa shape index (κ1) is 11.8. The SMILES string of the molecule is CCC(C)(NC(=O)NC1CC1C)C(=O)O. The molecule has 0 spiro atoms. The molecule has 2 amide bonds. The molecule has 5 nitrogen and oxygen atoms in total. The molecule has 1 saturated carbocycles. The fourth-order valence-electron chi connectivity index (χ4n) is 1.27. The van der Waals surface area contributed by atoms with Gasteiger partial charge in [-0.1, -0.05) is 13.8 Å². The fourth-order valence-corrected chi connectivity index (χ4v) is 1.27. The largest absolute Gasteiger partial charge is 0.480 e. The zero-order chi connectivity index (χ0) is 11.6. The summed E-state index contributed by atoms with van der Waals surface area (Å²) in [5, 5.41) is 14.2. The average Bonchev–Trinajstić information content (AvgIpc) is 2.80. The van der Waals surface area contributed by atoms with E-state index in [0.717, 1.165) is 6.42 Å². The number of urea groups is 1. The average molecular weight is 214 g/mol. The Hall–Kier alpha value is -1.26. The van der Waals surface area contributed by atoms with Crippen LogP contribution in [-0.2, 0) is 4.79 Å². The highest BCUT2D eigenvalue weighted by molar-refractivity contribution is 5.86. The molecule has 0 bridgehead atoms. The number of amides is 2. The predicted octanol–water partition coefficient (Wildman–Crippen LogP) is 0.947. The van der Waals surface area contributed by atoms with Crippen LogP contribution < -0.4 is 10.6 Å². The van der Waals surface area contributed by atoms with Crippen molar-refractivity contribution in [2.45, 2.75) is 45.2 Å². The van der Waals surface area contributed by atoms with Crippen LogP contribution >= 0.6 is 0 Å². The van der Waals surface area contributed by atoms with E-state index in [1.165, 1.54) is 6.92 Å². The maximum atomic E-state index is 11.4. The third kappa shape index (κ3) is 2.84. The van der Waals surface area contributed by atoms with E-state index in [9.17, 15) is 9.59 Å². The summed E-state index contributed by atoms with van der Waals surface area (Å²) < 4.78 is 0. The van der Waals surface area contributed by atoms with Crippen LogP contribution in [0.1, 0.15) is 33.6 Å². The van der Waals surface area contributed by atoms with E-state index in [-0.39, 0.29) is 6.04 Å². The van der Waals surface area contributed by atoms with Crippen LogP contribution in [0.15, 0.2) is 0 Å². The summed E-state index contributed by atoms with van der Waals surface area (Å²) in [5.74, 6) is -0.502. The molecule has 1 aliphatic carbocycles. The second-order valence-electron chi connectivity index (χ2n) is 4.41. The summed E-state index contributed by atoms with van der Waals surface area (Å²) in [5.41, 5.74) is -1.18. The van der Waals surface area contributed by atoms with Crippen molar-refractivity contribution in [2.75, 3.05) is 0 Å². The van der Waals surface area contributed by atoms with Gasteiger partial charge in [0.05, 0.1) is 0 Å². The van der Waals surface area contributed by atoms with Crippen LogP contribution in [0.25, 0.3) is 0 Å². The van der Waals surface area contributed by atoms with Crippen molar-refractivity contribution in [3.8, 4) is 0 Å². The normalized spacial score (nSPS) is 27.7. The summed E-state index contributed by atoms with van der Waals surface area (Å²) in [6.45, 7) is 5.28. The molecule has 1 rings (SSSR count). The lowest BCUT2D eigenvalue weighted by atomic mass is 10.00. The Kier molecular flexibility index (Phi) is 3.21. The van der Waals surface area contributed by atoms with E-state index in [0.29, 0.717) is 12.3 Å². The van der Waals surface area contributed by atoms with Crippen molar-refractivity contribution < 1.29 is 14.7 Å². The first-order valence-corrected chi connectivity index (χ1v) is 5.21. The van der Waals surface area contributed by atoms with Gasteiger partial charge in [0, 0.05) is 6.04 Å². The zero-order valence-corrected chi connectivity index (χ0v) is 9.33. The van der Waals surface area contributed by atoms with Gasteiger partial charge in [-0.3, -0.25) is 0 Å². The highest BCUT2D eigenvalue weighted by atomic mass is 16.4. The molecule has 0 heterocycles. The lowest BCUT2D eigenvalue weighted by Gasteiger charge is -2.24. The monoisotopic (exact) mass is 214 g/mol. The van der Waals surface area contributed by atoms with Crippen molar-refractivity contribution in [2.24, 2.45) is 5.92 Å². The minimum atomic E-state index is -1.18. The van der Waals surface area contributed by atoms with Gasteiger partial charge >= 0.3 is 12.0 Å². The molecule has 15 heavy (non-hydrogen) atoms. The minimum Gasteiger partial charge on any atom is -0.480 e. The van der Waals surface area contributed by atoms with E-state index in [1.54, 1.807) is 6.92 Å². The quantitative estimate of drug-likeness (QED) is 0.652. The Bertz CT molecular complexity index is 280. The molecule has 0 aromatic heterocycles. The number of hydrogen-bond acceptors (Lipinski definition) is 2. The topological polar surface area (TPSA) is 78.4 Å². The van der Waals surface area contributed by atoms with Gasteiger partial charge in [0.25, 0.3) is 0 Å². The molecule has 0 radical (unpaired) electrons. The molecule has 1 fully saturated rings. The molecule has 0 aromatic rings. The summed E-state index contributed by atoms with van der Waals surface area (Å²) in [4.78, 5) is 22.3. The van der Waals surface area contributed by atoms with Crippen molar-refractivity contribution in [1.82, 2.24) is 10.6 Å². The molecule has 3 atom stereocenters. The first-order chi connectivity index (χ1) is 6.89. The van der Waals surface area contributed by atoms with Gasteiger partial charge < -0.3 is 15.7 Å². The number of carboxylic acids is 1. The molecule has 3 N–H and O–H groups in total. The summed E-state index contributed by atoms with van der Waals surface area (Å²) >= 11 is 0. The van der Waals surface area contributed by atoms with Crippen LogP contribution in [0, 0.1) is 5.92 Å². The third-order valence-electron chi connectivity index (χ3n) is 2.99.